The zero-order chi connectivity index (χ0) is 14.8. The molecule has 0 saturated heterocycles. The van der Waals surface area contributed by atoms with Gasteiger partial charge in [-0.05, 0) is 30.2 Å². The number of hydrogen-bond acceptors (Lipinski definition) is 2. The second kappa shape index (κ2) is 5.68. The summed E-state index contributed by atoms with van der Waals surface area (Å²) in [6, 6.07) is 9.78. The Labute approximate surface area is 120 Å². The number of halogens is 3. The normalized spacial score (nSPS) is 17.0. The Hall–Kier alpha value is -2.17. The van der Waals surface area contributed by atoms with Crippen molar-refractivity contribution in [1.29, 1.82) is 0 Å². The lowest BCUT2D eigenvalue weighted by atomic mass is 9.93. The summed E-state index contributed by atoms with van der Waals surface area (Å²) in [5.41, 5.74) is 1.01. The quantitative estimate of drug-likeness (QED) is 0.861. The molecular weight excluding hydrogens is 279 g/mol. The van der Waals surface area contributed by atoms with E-state index in [0.717, 1.165) is 23.8 Å². The number of benzene rings is 2. The number of fused-ring (bicyclic) bond motifs is 1. The average molecular weight is 293 g/mol. The van der Waals surface area contributed by atoms with Gasteiger partial charge in [-0.25, -0.2) is 13.2 Å². The summed E-state index contributed by atoms with van der Waals surface area (Å²) in [7, 11) is 0. The first kappa shape index (κ1) is 13.8. The number of para-hydroxylation sites is 1. The summed E-state index contributed by atoms with van der Waals surface area (Å²) in [6.07, 6.45) is 0.787. The maximum Gasteiger partial charge on any atom is 0.196 e. The Morgan fingerprint density at radius 2 is 1.86 bits per heavy atom. The molecule has 0 aliphatic carbocycles. The molecule has 3 rings (SSSR count). The lowest BCUT2D eigenvalue weighted by Gasteiger charge is -2.26. The minimum atomic E-state index is -1.45. The van der Waals surface area contributed by atoms with Crippen molar-refractivity contribution in [2.75, 3.05) is 18.5 Å². The van der Waals surface area contributed by atoms with E-state index in [4.69, 9.17) is 4.74 Å². The second-order valence-corrected chi connectivity index (χ2v) is 4.98. The van der Waals surface area contributed by atoms with Crippen molar-refractivity contribution >= 4 is 5.69 Å². The van der Waals surface area contributed by atoms with Crippen LogP contribution in [0.15, 0.2) is 36.4 Å². The molecule has 1 aliphatic heterocycles. The smallest absolute Gasteiger partial charge is 0.196 e. The highest BCUT2D eigenvalue weighted by atomic mass is 19.2. The van der Waals surface area contributed by atoms with E-state index in [1.54, 1.807) is 0 Å². The zero-order valence-electron chi connectivity index (χ0n) is 11.2. The predicted octanol–water partition coefficient (Wildman–Crippen LogP) is 4.08. The number of ether oxygens (including phenoxy) is 1. The van der Waals surface area contributed by atoms with Crippen LogP contribution in [0.25, 0.3) is 0 Å². The molecule has 2 aromatic rings. The summed E-state index contributed by atoms with van der Waals surface area (Å²) >= 11 is 0. The van der Waals surface area contributed by atoms with E-state index in [2.05, 4.69) is 5.32 Å². The molecule has 1 atom stereocenters. The lowest BCUT2D eigenvalue weighted by Crippen LogP contribution is -2.21. The fourth-order valence-corrected chi connectivity index (χ4v) is 2.52. The van der Waals surface area contributed by atoms with Crippen LogP contribution in [-0.4, -0.2) is 13.2 Å². The van der Waals surface area contributed by atoms with E-state index in [1.807, 2.05) is 24.3 Å². The number of hydrogen-bond donors (Lipinski definition) is 1. The van der Waals surface area contributed by atoms with Crippen molar-refractivity contribution in [3.05, 3.63) is 59.4 Å². The molecule has 1 N–H and O–H groups in total. The van der Waals surface area contributed by atoms with E-state index in [-0.39, 0.29) is 11.6 Å². The van der Waals surface area contributed by atoms with Gasteiger partial charge in [0.05, 0.1) is 12.3 Å². The molecule has 0 amide bonds. The third-order valence-corrected chi connectivity index (χ3v) is 3.66. The number of anilines is 1. The zero-order valence-corrected chi connectivity index (χ0v) is 11.2. The van der Waals surface area contributed by atoms with Gasteiger partial charge >= 0.3 is 0 Å². The largest absolute Gasteiger partial charge is 0.493 e. The minimum Gasteiger partial charge on any atom is -0.493 e. The summed E-state index contributed by atoms with van der Waals surface area (Å²) in [6.45, 7) is 1.02. The van der Waals surface area contributed by atoms with E-state index in [1.165, 1.54) is 6.07 Å². The molecule has 1 aliphatic rings. The Balaban J connectivity index is 1.76. The Bertz CT molecular complexity index is 660. The van der Waals surface area contributed by atoms with Crippen LogP contribution in [0, 0.1) is 17.5 Å². The van der Waals surface area contributed by atoms with E-state index >= 15 is 0 Å². The molecule has 21 heavy (non-hydrogen) atoms. The number of rotatable bonds is 3. The first-order valence-corrected chi connectivity index (χ1v) is 6.76. The summed E-state index contributed by atoms with van der Waals surface area (Å²) < 4.78 is 45.2. The van der Waals surface area contributed by atoms with Crippen LogP contribution >= 0.6 is 0 Å². The predicted molar refractivity (Wildman–Crippen MR) is 74.1 cm³/mol. The highest BCUT2D eigenvalue weighted by Gasteiger charge is 2.21. The molecule has 1 heterocycles. The molecule has 0 bridgehead atoms. The third kappa shape index (κ3) is 2.68. The first-order chi connectivity index (χ1) is 10.2. The number of nitrogens with one attached hydrogen (secondary N) is 1. The van der Waals surface area contributed by atoms with Gasteiger partial charge in [-0.1, -0.05) is 18.2 Å². The van der Waals surface area contributed by atoms with E-state index in [0.29, 0.717) is 13.2 Å². The maximum absolute atomic E-state index is 13.6. The van der Waals surface area contributed by atoms with Crippen molar-refractivity contribution in [3.8, 4) is 5.75 Å². The average Bonchev–Trinajstić information content (AvgIpc) is 2.52. The fourth-order valence-electron chi connectivity index (χ4n) is 2.52. The van der Waals surface area contributed by atoms with Gasteiger partial charge in [0.25, 0.3) is 0 Å². The van der Waals surface area contributed by atoms with Crippen molar-refractivity contribution in [2.24, 2.45) is 0 Å². The molecule has 0 spiro atoms. The Kier molecular flexibility index (Phi) is 3.73. The standard InChI is InChI=1S/C16H14F3NO/c17-12-5-6-13(16(19)15(12)18)20-9-10-7-8-21-14-4-2-1-3-11(10)14/h1-6,10,20H,7-9H2. The summed E-state index contributed by atoms with van der Waals surface area (Å²) in [5, 5.41) is 2.85. The minimum absolute atomic E-state index is 0.0297. The molecule has 0 fully saturated rings. The van der Waals surface area contributed by atoms with Gasteiger partial charge in [0.1, 0.15) is 5.75 Å². The fraction of sp³-hybridized carbons (Fsp3) is 0.250. The first-order valence-electron chi connectivity index (χ1n) is 6.76. The van der Waals surface area contributed by atoms with Gasteiger partial charge in [0, 0.05) is 12.5 Å². The van der Waals surface area contributed by atoms with Crippen LogP contribution in [0.2, 0.25) is 0 Å². The molecular formula is C16H14F3NO. The highest BCUT2D eigenvalue weighted by molar-refractivity contribution is 5.47. The summed E-state index contributed by atoms with van der Waals surface area (Å²) in [4.78, 5) is 0. The highest BCUT2D eigenvalue weighted by Crippen LogP contribution is 2.33. The van der Waals surface area contributed by atoms with Gasteiger partial charge in [-0.15, -0.1) is 0 Å². The van der Waals surface area contributed by atoms with Crippen molar-refractivity contribution in [3.63, 3.8) is 0 Å². The van der Waals surface area contributed by atoms with Crippen LogP contribution in [0.3, 0.4) is 0 Å². The monoisotopic (exact) mass is 293 g/mol. The van der Waals surface area contributed by atoms with Crippen molar-refractivity contribution in [1.82, 2.24) is 0 Å². The summed E-state index contributed by atoms with van der Waals surface area (Å²) in [5.74, 6) is -2.86. The molecule has 5 heteroatoms. The van der Waals surface area contributed by atoms with Gasteiger partial charge in [0.2, 0.25) is 0 Å². The van der Waals surface area contributed by atoms with Crippen LogP contribution in [0.5, 0.6) is 5.75 Å². The second-order valence-electron chi connectivity index (χ2n) is 4.98. The Morgan fingerprint density at radius 1 is 1.05 bits per heavy atom. The lowest BCUT2D eigenvalue weighted by molar-refractivity contribution is 0.270. The van der Waals surface area contributed by atoms with Gasteiger partial charge in [-0.2, -0.15) is 0 Å². The van der Waals surface area contributed by atoms with E-state index in [9.17, 15) is 13.2 Å². The molecule has 0 radical (unpaired) electrons. The van der Waals surface area contributed by atoms with Crippen molar-refractivity contribution < 1.29 is 17.9 Å². The molecule has 1 unspecified atom stereocenters. The maximum atomic E-state index is 13.6. The molecule has 110 valence electrons. The molecule has 0 saturated carbocycles. The van der Waals surface area contributed by atoms with Gasteiger partial charge in [-0.3, -0.25) is 0 Å². The van der Waals surface area contributed by atoms with E-state index < -0.39 is 17.5 Å². The van der Waals surface area contributed by atoms with Crippen LogP contribution in [-0.2, 0) is 0 Å². The van der Waals surface area contributed by atoms with Gasteiger partial charge < -0.3 is 10.1 Å². The third-order valence-electron chi connectivity index (χ3n) is 3.66. The molecule has 0 aromatic heterocycles. The van der Waals surface area contributed by atoms with Crippen LogP contribution < -0.4 is 10.1 Å². The SMILES string of the molecule is Fc1ccc(NCC2CCOc3ccccc32)c(F)c1F. The van der Waals surface area contributed by atoms with Crippen LogP contribution in [0.1, 0.15) is 17.9 Å². The molecule has 2 aromatic carbocycles. The molecule has 2 nitrogen and oxygen atoms in total. The topological polar surface area (TPSA) is 21.3 Å². The van der Waals surface area contributed by atoms with Gasteiger partial charge in [0.15, 0.2) is 17.5 Å². The Morgan fingerprint density at radius 3 is 2.71 bits per heavy atom. The van der Waals surface area contributed by atoms with Crippen molar-refractivity contribution in [2.45, 2.75) is 12.3 Å². The van der Waals surface area contributed by atoms with Crippen LogP contribution in [0.4, 0.5) is 18.9 Å².